The smallest absolute Gasteiger partial charge is 0.143 e. The molecule has 0 unspecified atom stereocenters. The van der Waals surface area contributed by atoms with Crippen molar-refractivity contribution in [2.45, 2.75) is 88.8 Å². The molecule has 5 heteroatoms. The fraction of sp³-hybridized carbons (Fsp3) is 0.268. The molecule has 5 rings (SSSR count). The van der Waals surface area contributed by atoms with E-state index in [2.05, 4.69) is 149 Å². The van der Waals surface area contributed by atoms with Crippen molar-refractivity contribution in [3.63, 3.8) is 0 Å². The molecule has 0 atom stereocenters. The van der Waals surface area contributed by atoms with Crippen molar-refractivity contribution in [1.82, 2.24) is 0 Å². The van der Waals surface area contributed by atoms with Gasteiger partial charge in [0.2, 0.25) is 0 Å². The van der Waals surface area contributed by atoms with Crippen molar-refractivity contribution < 1.29 is 39.0 Å². The number of rotatable bonds is 2. The van der Waals surface area contributed by atoms with Crippen LogP contribution >= 0.6 is 37.9 Å². The molecule has 0 heterocycles. The minimum Gasteiger partial charge on any atom is -0.143 e. The molecule has 5 aromatic rings. The first-order valence-electron chi connectivity index (χ1n) is 15.2. The van der Waals surface area contributed by atoms with Gasteiger partial charge in [0.05, 0.1) is 0 Å². The van der Waals surface area contributed by atoms with Crippen LogP contribution in [0, 0.1) is 34.6 Å². The molecule has 0 fully saturated rings. The van der Waals surface area contributed by atoms with Gasteiger partial charge in [0.1, 0.15) is 0 Å². The molecule has 244 valence electrons. The summed E-state index contributed by atoms with van der Waals surface area (Å²) in [6.45, 7) is 19.3. The van der Waals surface area contributed by atoms with Crippen LogP contribution in [0.5, 0.6) is 0 Å². The molecule has 2 radical (unpaired) electrons. The Morgan fingerprint density at radius 1 is 0.304 bits per heavy atom. The molecule has 0 aliphatic carbocycles. The Balaban J connectivity index is 0. The predicted octanol–water partition coefficient (Wildman–Crippen LogP) is 13.1. The fourth-order valence-electron chi connectivity index (χ4n) is 3.54. The van der Waals surface area contributed by atoms with Crippen molar-refractivity contribution in [2.75, 3.05) is 0 Å². The van der Waals surface area contributed by atoms with Crippen LogP contribution in [0.3, 0.4) is 0 Å². The molecule has 0 aliphatic rings. The van der Waals surface area contributed by atoms with E-state index in [-0.39, 0.29) is 39.0 Å². The van der Waals surface area contributed by atoms with Crippen molar-refractivity contribution in [3.8, 4) is 0 Å². The molecule has 0 amide bonds. The first kappa shape index (κ1) is 46.5. The van der Waals surface area contributed by atoms with E-state index in [1.165, 1.54) is 38.9 Å². The number of hydrogen-bond acceptors (Lipinski definition) is 3. The van der Waals surface area contributed by atoms with E-state index in [0.717, 1.165) is 14.7 Å². The molecular weight excluding hydrogens is 791 g/mol. The maximum Gasteiger partial charge on any atom is 3.00 e. The summed E-state index contributed by atoms with van der Waals surface area (Å²) in [7, 11) is 0. The largest absolute Gasteiger partial charge is 3.00 e. The van der Waals surface area contributed by atoms with Gasteiger partial charge < -0.3 is 0 Å². The van der Waals surface area contributed by atoms with Gasteiger partial charge in [-0.15, -0.1) is 37.9 Å². The summed E-state index contributed by atoms with van der Waals surface area (Å²) >= 11 is 12.4. The van der Waals surface area contributed by atoms with Crippen molar-refractivity contribution in [2.24, 2.45) is 0 Å². The molecule has 0 nitrogen and oxygen atoms in total. The Morgan fingerprint density at radius 2 is 0.457 bits per heavy atom. The Labute approximate surface area is 323 Å². The van der Waals surface area contributed by atoms with Gasteiger partial charge in [-0.05, 0) is 94.0 Å². The van der Waals surface area contributed by atoms with Crippen molar-refractivity contribution in [3.05, 3.63) is 160 Å². The SMILES string of the molecule is Cc1ccc(C(C)C)cc1.Cc1ccc(C(C)C)cc1.Cc1ccc(S)cc1.Cc1ccc(S)cc1.Cc1ccc(S)cc1.[Ru+3].[Ru+3]. The zero-order valence-corrected chi connectivity index (χ0v) is 34.9. The van der Waals surface area contributed by atoms with Gasteiger partial charge in [0, 0.05) is 14.7 Å². The summed E-state index contributed by atoms with van der Waals surface area (Å²) < 4.78 is 0. The quantitative estimate of drug-likeness (QED) is 0.114. The molecule has 0 aromatic heterocycles. The van der Waals surface area contributed by atoms with Gasteiger partial charge in [-0.25, -0.2) is 0 Å². The number of benzene rings is 5. The summed E-state index contributed by atoms with van der Waals surface area (Å²) in [5, 5.41) is 0. The van der Waals surface area contributed by atoms with E-state index in [1.54, 1.807) is 0 Å². The number of aryl methyl sites for hydroxylation is 5. The topological polar surface area (TPSA) is 0 Å². The van der Waals surface area contributed by atoms with Crippen molar-refractivity contribution >= 4 is 37.9 Å². The molecule has 0 saturated heterocycles. The summed E-state index contributed by atoms with van der Waals surface area (Å²) in [5.74, 6) is 1.31. The molecule has 0 aliphatic heterocycles. The van der Waals surface area contributed by atoms with Crippen LogP contribution in [0.4, 0.5) is 0 Å². The van der Waals surface area contributed by atoms with E-state index in [4.69, 9.17) is 0 Å². The maximum absolute atomic E-state index is 4.13. The summed E-state index contributed by atoms with van der Waals surface area (Å²) in [4.78, 5) is 3.07. The standard InChI is InChI=1S/2C10H14.3C7H8S.2Ru/c2*1-8(2)10-6-4-9(3)5-7-10;3*1-6-2-4-7(8)5-3-6;;/h2*4-8H,1-3H3;3*2-5,8H,1H3;;/q;;;;;2*+3. The summed E-state index contributed by atoms with van der Waals surface area (Å²) in [6.07, 6.45) is 0. The van der Waals surface area contributed by atoms with E-state index < -0.39 is 0 Å². The van der Waals surface area contributed by atoms with E-state index in [9.17, 15) is 0 Å². The van der Waals surface area contributed by atoms with Crippen LogP contribution in [-0.2, 0) is 39.0 Å². The third kappa shape index (κ3) is 22.8. The normalized spacial score (nSPS) is 9.35. The second-order valence-electron chi connectivity index (χ2n) is 11.6. The van der Waals surface area contributed by atoms with Gasteiger partial charge in [0.25, 0.3) is 0 Å². The fourth-order valence-corrected chi connectivity index (χ4v) is 3.98. The van der Waals surface area contributed by atoms with Crippen LogP contribution in [0.15, 0.2) is 136 Å². The van der Waals surface area contributed by atoms with Gasteiger partial charge in [0.15, 0.2) is 0 Å². The molecular formula is C41H52Ru2S3+6. The van der Waals surface area contributed by atoms with Crippen LogP contribution in [0.2, 0.25) is 0 Å². The van der Waals surface area contributed by atoms with Crippen molar-refractivity contribution in [1.29, 1.82) is 0 Å². The minimum atomic E-state index is 0. The second-order valence-corrected chi connectivity index (χ2v) is 13.2. The number of thiol groups is 3. The molecule has 0 N–H and O–H groups in total. The van der Waals surface area contributed by atoms with Gasteiger partial charge in [-0.3, -0.25) is 0 Å². The Hall–Kier alpha value is -1.60. The second kappa shape index (κ2) is 26.4. The Kier molecular flexibility index (Phi) is 26.7. The van der Waals surface area contributed by atoms with Gasteiger partial charge >= 0.3 is 39.0 Å². The van der Waals surface area contributed by atoms with Gasteiger partial charge in [-0.1, -0.05) is 140 Å². The van der Waals surface area contributed by atoms with E-state index in [1.807, 2.05) is 72.8 Å². The average molecular weight is 843 g/mol. The van der Waals surface area contributed by atoms with Crippen LogP contribution in [-0.4, -0.2) is 0 Å². The Bertz CT molecular complexity index is 1210. The predicted molar refractivity (Wildman–Crippen MR) is 206 cm³/mol. The number of hydrogen-bond donors (Lipinski definition) is 3. The first-order chi connectivity index (χ1) is 20.8. The summed E-state index contributed by atoms with van der Waals surface area (Å²) in [6, 6.07) is 41.6. The van der Waals surface area contributed by atoms with E-state index >= 15 is 0 Å². The average Bonchev–Trinajstić information content (AvgIpc) is 2.99. The third-order valence-corrected chi connectivity index (χ3v) is 7.48. The molecule has 0 bridgehead atoms. The van der Waals surface area contributed by atoms with Crippen LogP contribution in [0.25, 0.3) is 0 Å². The third-order valence-electron chi connectivity index (χ3n) is 6.59. The first-order valence-corrected chi connectivity index (χ1v) is 16.5. The van der Waals surface area contributed by atoms with E-state index in [0.29, 0.717) is 11.8 Å². The maximum atomic E-state index is 4.13. The molecule has 46 heavy (non-hydrogen) atoms. The summed E-state index contributed by atoms with van der Waals surface area (Å²) in [5.41, 5.74) is 9.36. The van der Waals surface area contributed by atoms with Gasteiger partial charge in [-0.2, -0.15) is 0 Å². The van der Waals surface area contributed by atoms with Crippen LogP contribution < -0.4 is 0 Å². The monoisotopic (exact) mass is 844 g/mol. The zero-order valence-electron chi connectivity index (χ0n) is 28.8. The zero-order chi connectivity index (χ0) is 33.1. The van der Waals surface area contributed by atoms with Crippen LogP contribution in [0.1, 0.15) is 78.5 Å². The Morgan fingerprint density at radius 3 is 0.587 bits per heavy atom. The molecule has 0 saturated carbocycles. The molecule has 5 aromatic carbocycles. The molecule has 0 spiro atoms. The minimum absolute atomic E-state index is 0.